The first-order valence-electron chi connectivity index (χ1n) is 5.06. The van der Waals surface area contributed by atoms with Crippen LogP contribution in [0.4, 0.5) is 0 Å². The molecule has 0 aliphatic heterocycles. The summed E-state index contributed by atoms with van der Waals surface area (Å²) in [6.07, 6.45) is 0. The van der Waals surface area contributed by atoms with Crippen LogP contribution in [0.25, 0.3) is 5.69 Å². The van der Waals surface area contributed by atoms with E-state index in [-0.39, 0.29) is 10.7 Å². The number of hydrogen-bond donors (Lipinski definition) is 3. The summed E-state index contributed by atoms with van der Waals surface area (Å²) in [5.41, 5.74) is 2.40. The maximum atomic E-state index is 11.7. The Morgan fingerprint density at radius 2 is 1.95 bits per heavy atom. The zero-order valence-electron chi connectivity index (χ0n) is 9.38. The van der Waals surface area contributed by atoms with Crippen LogP contribution < -0.4 is 17.0 Å². The van der Waals surface area contributed by atoms with Crippen LogP contribution in [-0.2, 0) is 0 Å². The molecule has 19 heavy (non-hydrogen) atoms. The van der Waals surface area contributed by atoms with Gasteiger partial charge in [0.1, 0.15) is 0 Å². The molecule has 7 nitrogen and oxygen atoms in total. The van der Waals surface area contributed by atoms with Gasteiger partial charge in [0, 0.05) is 0 Å². The van der Waals surface area contributed by atoms with Gasteiger partial charge in [-0.05, 0) is 12.1 Å². The van der Waals surface area contributed by atoms with Gasteiger partial charge >= 0.3 is 5.69 Å². The second-order valence-electron chi connectivity index (χ2n) is 3.61. The lowest BCUT2D eigenvalue weighted by atomic mass is 10.2. The summed E-state index contributed by atoms with van der Waals surface area (Å²) in [6, 6.07) is 6.11. The standard InChI is InChI=1S/C11H8ClN3O4/c12-5-3-1-2-4-6(5)15-10(18)7(8(13)16)9(17)14-11(15)19/h1-4,18H,(H2,13,16)(H,14,17,19). The molecule has 0 atom stereocenters. The molecule has 0 aliphatic rings. The minimum Gasteiger partial charge on any atom is -0.493 e. The number of aromatic nitrogens is 2. The fourth-order valence-electron chi connectivity index (χ4n) is 1.60. The normalized spacial score (nSPS) is 10.4. The van der Waals surface area contributed by atoms with E-state index in [1.807, 2.05) is 4.98 Å². The number of aromatic amines is 1. The lowest BCUT2D eigenvalue weighted by molar-refractivity contribution is 0.0995. The summed E-state index contributed by atoms with van der Waals surface area (Å²) in [4.78, 5) is 36.1. The largest absolute Gasteiger partial charge is 0.493 e. The molecule has 0 radical (unpaired) electrons. The summed E-state index contributed by atoms with van der Waals surface area (Å²) >= 11 is 5.90. The van der Waals surface area contributed by atoms with Crippen molar-refractivity contribution in [2.75, 3.05) is 0 Å². The van der Waals surface area contributed by atoms with Gasteiger partial charge in [0.05, 0.1) is 10.7 Å². The van der Waals surface area contributed by atoms with E-state index in [4.69, 9.17) is 17.3 Å². The molecule has 2 rings (SSSR count). The Labute approximate surface area is 110 Å². The smallest absolute Gasteiger partial charge is 0.335 e. The Hall–Kier alpha value is -2.54. The Bertz CT molecular complexity index is 778. The molecule has 0 fully saturated rings. The SMILES string of the molecule is NC(=O)c1c(O)n(-c2ccccc2Cl)c(=O)[nH]c1=O. The van der Waals surface area contributed by atoms with Crippen molar-refractivity contribution in [3.63, 3.8) is 0 Å². The van der Waals surface area contributed by atoms with Crippen LogP contribution in [0, 0.1) is 0 Å². The Kier molecular flexibility index (Phi) is 3.14. The van der Waals surface area contributed by atoms with Gasteiger partial charge in [-0.25, -0.2) is 9.36 Å². The highest BCUT2D eigenvalue weighted by atomic mass is 35.5. The Morgan fingerprint density at radius 1 is 1.32 bits per heavy atom. The number of rotatable bonds is 2. The molecule has 1 heterocycles. The number of hydrogen-bond acceptors (Lipinski definition) is 4. The van der Waals surface area contributed by atoms with Crippen LogP contribution in [0.2, 0.25) is 5.02 Å². The van der Waals surface area contributed by atoms with Crippen molar-refractivity contribution < 1.29 is 9.90 Å². The summed E-state index contributed by atoms with van der Waals surface area (Å²) in [5.74, 6) is -2.01. The number of amides is 1. The lowest BCUT2D eigenvalue weighted by Gasteiger charge is -2.10. The molecule has 0 saturated carbocycles. The molecule has 8 heteroatoms. The van der Waals surface area contributed by atoms with Gasteiger partial charge in [-0.15, -0.1) is 0 Å². The van der Waals surface area contributed by atoms with Gasteiger partial charge in [-0.1, -0.05) is 23.7 Å². The van der Waals surface area contributed by atoms with E-state index in [0.29, 0.717) is 4.57 Å². The second kappa shape index (κ2) is 4.62. The van der Waals surface area contributed by atoms with Crippen LogP contribution in [-0.4, -0.2) is 20.6 Å². The summed E-state index contributed by atoms with van der Waals surface area (Å²) in [6.45, 7) is 0. The molecular weight excluding hydrogens is 274 g/mol. The number of primary amides is 1. The van der Waals surface area contributed by atoms with Gasteiger partial charge in [0.2, 0.25) is 5.88 Å². The number of halogens is 1. The third-order valence-corrected chi connectivity index (χ3v) is 2.75. The predicted molar refractivity (Wildman–Crippen MR) is 67.9 cm³/mol. The first-order chi connectivity index (χ1) is 8.93. The van der Waals surface area contributed by atoms with Crippen molar-refractivity contribution >= 4 is 17.5 Å². The third kappa shape index (κ3) is 2.11. The van der Waals surface area contributed by atoms with Crippen LogP contribution in [0.3, 0.4) is 0 Å². The van der Waals surface area contributed by atoms with E-state index < -0.39 is 28.6 Å². The third-order valence-electron chi connectivity index (χ3n) is 2.43. The van der Waals surface area contributed by atoms with Crippen LogP contribution in [0.5, 0.6) is 5.88 Å². The summed E-state index contributed by atoms with van der Waals surface area (Å²) in [7, 11) is 0. The minimum absolute atomic E-state index is 0.116. The number of aromatic hydroxyl groups is 1. The van der Waals surface area contributed by atoms with Crippen LogP contribution >= 0.6 is 11.6 Å². The van der Waals surface area contributed by atoms with Crippen LogP contribution in [0.15, 0.2) is 33.9 Å². The summed E-state index contributed by atoms with van der Waals surface area (Å²) < 4.78 is 0.698. The highest BCUT2D eigenvalue weighted by molar-refractivity contribution is 6.32. The van der Waals surface area contributed by atoms with Gasteiger partial charge in [0.25, 0.3) is 11.5 Å². The van der Waals surface area contributed by atoms with Gasteiger partial charge < -0.3 is 10.8 Å². The average molecular weight is 282 g/mol. The number of H-pyrrole nitrogens is 1. The molecule has 1 amide bonds. The number of para-hydroxylation sites is 1. The molecule has 0 bridgehead atoms. The fraction of sp³-hybridized carbons (Fsp3) is 0. The second-order valence-corrected chi connectivity index (χ2v) is 4.02. The van der Waals surface area contributed by atoms with Gasteiger partial charge in [-0.2, -0.15) is 0 Å². The highest BCUT2D eigenvalue weighted by Gasteiger charge is 2.20. The molecule has 0 spiro atoms. The van der Waals surface area contributed by atoms with E-state index in [2.05, 4.69) is 0 Å². The molecule has 4 N–H and O–H groups in total. The van der Waals surface area contributed by atoms with Gasteiger partial charge in [0.15, 0.2) is 5.56 Å². The number of benzene rings is 1. The topological polar surface area (TPSA) is 118 Å². The molecule has 0 unspecified atom stereocenters. The van der Waals surface area contributed by atoms with E-state index in [9.17, 15) is 19.5 Å². The van der Waals surface area contributed by atoms with Crippen molar-refractivity contribution in [2.45, 2.75) is 0 Å². The van der Waals surface area contributed by atoms with Crippen molar-refractivity contribution in [3.05, 3.63) is 55.7 Å². The number of nitrogens with one attached hydrogen (secondary N) is 1. The molecule has 2 aromatic rings. The van der Waals surface area contributed by atoms with E-state index >= 15 is 0 Å². The Balaban J connectivity index is 2.90. The monoisotopic (exact) mass is 281 g/mol. The number of nitrogens with zero attached hydrogens (tertiary/aromatic N) is 1. The maximum Gasteiger partial charge on any atom is 0.335 e. The molecule has 98 valence electrons. The fourth-order valence-corrected chi connectivity index (χ4v) is 1.82. The van der Waals surface area contributed by atoms with E-state index in [1.54, 1.807) is 12.1 Å². The predicted octanol–water partition coefficient (Wildman–Crippen LogP) is -0.0163. The van der Waals surface area contributed by atoms with Gasteiger partial charge in [-0.3, -0.25) is 14.6 Å². The van der Waals surface area contributed by atoms with Crippen molar-refractivity contribution in [1.82, 2.24) is 9.55 Å². The summed E-state index contributed by atoms with van der Waals surface area (Å²) in [5, 5.41) is 10.0. The number of nitrogens with two attached hydrogens (primary N) is 1. The van der Waals surface area contributed by atoms with Crippen molar-refractivity contribution in [1.29, 1.82) is 0 Å². The molecule has 0 aliphatic carbocycles. The molecular formula is C11H8ClN3O4. The minimum atomic E-state index is -1.15. The van der Waals surface area contributed by atoms with Crippen LogP contribution in [0.1, 0.15) is 10.4 Å². The maximum absolute atomic E-state index is 11.7. The average Bonchev–Trinajstić information content (AvgIpc) is 2.30. The van der Waals surface area contributed by atoms with E-state index in [0.717, 1.165) is 0 Å². The first kappa shape index (κ1) is 12.9. The van der Waals surface area contributed by atoms with Crippen molar-refractivity contribution in [2.24, 2.45) is 5.73 Å². The number of carbonyl (C=O) groups is 1. The Morgan fingerprint density at radius 3 is 2.53 bits per heavy atom. The van der Waals surface area contributed by atoms with E-state index in [1.165, 1.54) is 12.1 Å². The molecule has 1 aromatic carbocycles. The molecule has 1 aromatic heterocycles. The number of carbonyl (C=O) groups excluding carboxylic acids is 1. The zero-order chi connectivity index (χ0) is 14.2. The lowest BCUT2D eigenvalue weighted by Crippen LogP contribution is -2.35. The first-order valence-corrected chi connectivity index (χ1v) is 5.44. The van der Waals surface area contributed by atoms with Crippen molar-refractivity contribution in [3.8, 4) is 11.6 Å². The molecule has 0 saturated heterocycles. The quantitative estimate of drug-likeness (QED) is 0.717. The zero-order valence-corrected chi connectivity index (χ0v) is 10.1. The highest BCUT2D eigenvalue weighted by Crippen LogP contribution is 2.22.